The van der Waals surface area contributed by atoms with E-state index in [2.05, 4.69) is 34.5 Å². The van der Waals surface area contributed by atoms with Crippen LogP contribution in [0.3, 0.4) is 0 Å². The molecular formula is C22H27N3O2S. The Kier molecular flexibility index (Phi) is 7.82. The minimum atomic E-state index is -0.0559. The summed E-state index contributed by atoms with van der Waals surface area (Å²) in [7, 11) is 0. The molecule has 1 aromatic heterocycles. The highest BCUT2D eigenvalue weighted by atomic mass is 32.1. The fourth-order valence-electron chi connectivity index (χ4n) is 3.18. The minimum Gasteiger partial charge on any atom is -0.351 e. The van der Waals surface area contributed by atoms with Gasteiger partial charge in [0.05, 0.1) is 4.88 Å². The van der Waals surface area contributed by atoms with Gasteiger partial charge in [0.15, 0.2) is 0 Å². The molecule has 0 saturated carbocycles. The van der Waals surface area contributed by atoms with E-state index in [0.29, 0.717) is 24.3 Å². The van der Waals surface area contributed by atoms with Gasteiger partial charge < -0.3 is 10.2 Å². The maximum atomic E-state index is 12.4. The van der Waals surface area contributed by atoms with Gasteiger partial charge in [0, 0.05) is 45.7 Å². The molecule has 0 aliphatic carbocycles. The molecule has 0 bridgehead atoms. The predicted octanol–water partition coefficient (Wildman–Crippen LogP) is 3.12. The van der Waals surface area contributed by atoms with Gasteiger partial charge in [-0.2, -0.15) is 0 Å². The van der Waals surface area contributed by atoms with Crippen LogP contribution >= 0.6 is 11.3 Å². The summed E-state index contributed by atoms with van der Waals surface area (Å²) in [6.45, 7) is 4.80. The molecule has 2 heterocycles. The maximum absolute atomic E-state index is 12.4. The van der Waals surface area contributed by atoms with Gasteiger partial charge in [-0.15, -0.1) is 11.3 Å². The van der Waals surface area contributed by atoms with E-state index < -0.39 is 0 Å². The lowest BCUT2D eigenvalue weighted by Gasteiger charge is -2.34. The molecule has 2 amide bonds. The predicted molar refractivity (Wildman–Crippen MR) is 114 cm³/mol. The number of piperazine rings is 1. The summed E-state index contributed by atoms with van der Waals surface area (Å²) in [6.07, 6.45) is 5.49. The molecule has 28 heavy (non-hydrogen) atoms. The molecule has 1 N–H and O–H groups in total. The number of nitrogens with one attached hydrogen (secondary N) is 1. The van der Waals surface area contributed by atoms with E-state index in [-0.39, 0.29) is 11.8 Å². The van der Waals surface area contributed by atoms with Crippen LogP contribution in [0.2, 0.25) is 0 Å². The van der Waals surface area contributed by atoms with Crippen molar-refractivity contribution < 1.29 is 9.59 Å². The molecule has 5 nitrogen and oxygen atoms in total. The number of carbonyl (C=O) groups is 2. The maximum Gasteiger partial charge on any atom is 0.261 e. The molecule has 6 heteroatoms. The molecule has 1 saturated heterocycles. The SMILES string of the molecule is O=C(NCCCC(=O)N1CCN(C/C=C/c2ccccc2)CC1)c1cccs1. The van der Waals surface area contributed by atoms with Crippen molar-refractivity contribution in [3.63, 3.8) is 0 Å². The molecule has 2 aromatic rings. The monoisotopic (exact) mass is 397 g/mol. The summed E-state index contributed by atoms with van der Waals surface area (Å²) >= 11 is 1.43. The van der Waals surface area contributed by atoms with Crippen LogP contribution in [0, 0.1) is 0 Å². The first-order valence-electron chi connectivity index (χ1n) is 9.76. The van der Waals surface area contributed by atoms with E-state index in [0.717, 1.165) is 32.7 Å². The number of carbonyl (C=O) groups excluding carboxylic acids is 2. The van der Waals surface area contributed by atoms with Gasteiger partial charge in [-0.25, -0.2) is 0 Å². The van der Waals surface area contributed by atoms with Crippen LogP contribution < -0.4 is 5.32 Å². The molecule has 1 aromatic carbocycles. The number of hydrogen-bond donors (Lipinski definition) is 1. The summed E-state index contributed by atoms with van der Waals surface area (Å²) in [5.74, 6) is 0.129. The van der Waals surface area contributed by atoms with Crippen molar-refractivity contribution in [1.82, 2.24) is 15.1 Å². The molecule has 1 fully saturated rings. The van der Waals surface area contributed by atoms with Gasteiger partial charge in [-0.3, -0.25) is 14.5 Å². The Balaban J connectivity index is 1.29. The molecule has 148 valence electrons. The lowest BCUT2D eigenvalue weighted by molar-refractivity contribution is -0.132. The third-order valence-electron chi connectivity index (χ3n) is 4.80. The Hall–Kier alpha value is -2.44. The van der Waals surface area contributed by atoms with Crippen LogP contribution in [0.4, 0.5) is 0 Å². The lowest BCUT2D eigenvalue weighted by Crippen LogP contribution is -2.48. The van der Waals surface area contributed by atoms with Crippen molar-refractivity contribution in [1.29, 1.82) is 0 Å². The van der Waals surface area contributed by atoms with Crippen LogP contribution in [0.15, 0.2) is 53.9 Å². The zero-order valence-electron chi connectivity index (χ0n) is 16.0. The Labute approximate surface area is 170 Å². The van der Waals surface area contributed by atoms with Crippen molar-refractivity contribution in [3.8, 4) is 0 Å². The second-order valence-corrected chi connectivity index (χ2v) is 7.78. The quantitative estimate of drug-likeness (QED) is 0.697. The normalized spacial score (nSPS) is 15.1. The first-order valence-corrected chi connectivity index (χ1v) is 10.6. The van der Waals surface area contributed by atoms with E-state index in [4.69, 9.17) is 0 Å². The molecule has 0 atom stereocenters. The first kappa shape index (κ1) is 20.3. The van der Waals surface area contributed by atoms with E-state index in [1.807, 2.05) is 34.5 Å². The van der Waals surface area contributed by atoms with Crippen LogP contribution in [0.25, 0.3) is 6.08 Å². The van der Waals surface area contributed by atoms with Crippen molar-refractivity contribution in [2.75, 3.05) is 39.3 Å². The lowest BCUT2D eigenvalue weighted by atomic mass is 10.2. The number of nitrogens with zero attached hydrogens (tertiary/aromatic N) is 2. The third-order valence-corrected chi connectivity index (χ3v) is 5.67. The molecule has 0 spiro atoms. The Morgan fingerprint density at radius 2 is 1.82 bits per heavy atom. The number of hydrogen-bond acceptors (Lipinski definition) is 4. The molecule has 3 rings (SSSR count). The zero-order chi connectivity index (χ0) is 19.6. The summed E-state index contributed by atoms with van der Waals surface area (Å²) < 4.78 is 0. The van der Waals surface area contributed by atoms with E-state index in [1.165, 1.54) is 16.9 Å². The van der Waals surface area contributed by atoms with Crippen LogP contribution in [-0.4, -0.2) is 60.9 Å². The highest BCUT2D eigenvalue weighted by Crippen LogP contribution is 2.09. The molecule has 1 aliphatic rings. The van der Waals surface area contributed by atoms with Crippen molar-refractivity contribution in [2.45, 2.75) is 12.8 Å². The van der Waals surface area contributed by atoms with Crippen molar-refractivity contribution >= 4 is 29.2 Å². The number of amides is 2. The summed E-state index contributed by atoms with van der Waals surface area (Å²) in [6, 6.07) is 14.0. The minimum absolute atomic E-state index is 0.0559. The Morgan fingerprint density at radius 1 is 1.04 bits per heavy atom. The van der Waals surface area contributed by atoms with Gasteiger partial charge in [-0.05, 0) is 23.4 Å². The standard InChI is InChI=1S/C22H27N3O2S/c26-21(11-4-12-23-22(27)20-10-6-18-28-20)25-16-14-24(15-17-25)13-5-9-19-7-2-1-3-8-19/h1-3,5-10,18H,4,11-17H2,(H,23,27)/b9-5+. The zero-order valence-corrected chi connectivity index (χ0v) is 16.9. The van der Waals surface area contributed by atoms with Crippen LogP contribution in [0.5, 0.6) is 0 Å². The smallest absolute Gasteiger partial charge is 0.261 e. The highest BCUT2D eigenvalue weighted by Gasteiger charge is 2.20. The fraction of sp³-hybridized carbons (Fsp3) is 0.364. The molecule has 0 unspecified atom stereocenters. The van der Waals surface area contributed by atoms with Crippen molar-refractivity contribution in [3.05, 3.63) is 64.4 Å². The summed E-state index contributed by atoms with van der Waals surface area (Å²) in [5.41, 5.74) is 1.21. The second kappa shape index (κ2) is 10.8. The number of benzene rings is 1. The van der Waals surface area contributed by atoms with Crippen molar-refractivity contribution in [2.24, 2.45) is 0 Å². The molecule has 1 aliphatic heterocycles. The van der Waals surface area contributed by atoms with Gasteiger partial charge in [-0.1, -0.05) is 48.6 Å². The van der Waals surface area contributed by atoms with Gasteiger partial charge >= 0.3 is 0 Å². The third kappa shape index (κ3) is 6.32. The molecule has 0 radical (unpaired) electrons. The molecular weight excluding hydrogens is 370 g/mol. The highest BCUT2D eigenvalue weighted by molar-refractivity contribution is 7.12. The first-order chi connectivity index (χ1) is 13.7. The number of rotatable bonds is 8. The van der Waals surface area contributed by atoms with Gasteiger partial charge in [0.1, 0.15) is 0 Å². The van der Waals surface area contributed by atoms with E-state index >= 15 is 0 Å². The largest absolute Gasteiger partial charge is 0.351 e. The average molecular weight is 398 g/mol. The fourth-order valence-corrected chi connectivity index (χ4v) is 3.82. The Bertz CT molecular complexity index is 766. The number of thiophene rings is 1. The van der Waals surface area contributed by atoms with Gasteiger partial charge in [0.25, 0.3) is 5.91 Å². The van der Waals surface area contributed by atoms with Gasteiger partial charge in [0.2, 0.25) is 5.91 Å². The van der Waals surface area contributed by atoms with Crippen LogP contribution in [0.1, 0.15) is 28.1 Å². The topological polar surface area (TPSA) is 52.7 Å². The van der Waals surface area contributed by atoms with Crippen LogP contribution in [-0.2, 0) is 4.79 Å². The second-order valence-electron chi connectivity index (χ2n) is 6.83. The Morgan fingerprint density at radius 3 is 2.54 bits per heavy atom. The van der Waals surface area contributed by atoms with E-state index in [1.54, 1.807) is 6.07 Å². The summed E-state index contributed by atoms with van der Waals surface area (Å²) in [5, 5.41) is 4.76. The average Bonchev–Trinajstić information content (AvgIpc) is 3.27. The van der Waals surface area contributed by atoms with E-state index in [9.17, 15) is 9.59 Å². The summed E-state index contributed by atoms with van der Waals surface area (Å²) in [4.78, 5) is 29.2.